The molecule has 2 rings (SSSR count). The number of sulfonamides is 1. The van der Waals surface area contributed by atoms with Gasteiger partial charge in [0, 0.05) is 6.20 Å². The third-order valence-electron chi connectivity index (χ3n) is 2.39. The molecule has 0 aliphatic carbocycles. The van der Waals surface area contributed by atoms with Gasteiger partial charge in [0.1, 0.15) is 11.6 Å². The number of aliphatic hydroxyl groups is 1. The first-order valence-corrected chi connectivity index (χ1v) is 6.84. The van der Waals surface area contributed by atoms with Crippen LogP contribution in [0, 0.1) is 5.82 Å². The highest BCUT2D eigenvalue weighted by atomic mass is 32.2. The van der Waals surface area contributed by atoms with Crippen LogP contribution < -0.4 is 4.72 Å². The summed E-state index contributed by atoms with van der Waals surface area (Å²) in [5, 5.41) is 9.11. The van der Waals surface area contributed by atoms with Crippen molar-refractivity contribution in [2.45, 2.75) is 11.5 Å². The van der Waals surface area contributed by atoms with Crippen LogP contribution in [0.2, 0.25) is 0 Å². The monoisotopic (exact) mass is 282 g/mol. The molecule has 0 fully saturated rings. The maximum atomic E-state index is 13.2. The van der Waals surface area contributed by atoms with Crippen molar-refractivity contribution < 1.29 is 17.9 Å². The average molecular weight is 282 g/mol. The van der Waals surface area contributed by atoms with E-state index < -0.39 is 22.4 Å². The van der Waals surface area contributed by atoms with Crippen molar-refractivity contribution in [2.75, 3.05) is 4.72 Å². The molecular weight excluding hydrogens is 271 g/mol. The van der Waals surface area contributed by atoms with E-state index in [1.165, 1.54) is 18.3 Å². The molecular formula is C12H11FN2O3S. The van der Waals surface area contributed by atoms with Crippen molar-refractivity contribution in [3.8, 4) is 0 Å². The van der Waals surface area contributed by atoms with Gasteiger partial charge in [0.05, 0.1) is 11.5 Å². The minimum absolute atomic E-state index is 0.116. The molecule has 2 N–H and O–H groups in total. The van der Waals surface area contributed by atoms with Crippen LogP contribution in [0.4, 0.5) is 10.2 Å². The van der Waals surface area contributed by atoms with Gasteiger partial charge in [-0.05, 0) is 29.8 Å². The summed E-state index contributed by atoms with van der Waals surface area (Å²) in [5.41, 5.74) is 0.116. The number of aromatic nitrogens is 1. The Kier molecular flexibility index (Phi) is 3.77. The van der Waals surface area contributed by atoms with E-state index in [4.69, 9.17) is 5.11 Å². The van der Waals surface area contributed by atoms with Crippen LogP contribution in [0.25, 0.3) is 0 Å². The minimum Gasteiger partial charge on any atom is -0.392 e. The molecule has 1 heterocycles. The molecule has 0 spiro atoms. The molecule has 0 atom stereocenters. The lowest BCUT2D eigenvalue weighted by Crippen LogP contribution is -2.16. The summed E-state index contributed by atoms with van der Waals surface area (Å²) in [7, 11) is -3.99. The van der Waals surface area contributed by atoms with Gasteiger partial charge < -0.3 is 5.11 Å². The zero-order chi connectivity index (χ0) is 13.9. The summed E-state index contributed by atoms with van der Waals surface area (Å²) >= 11 is 0. The van der Waals surface area contributed by atoms with Crippen LogP contribution >= 0.6 is 0 Å². The molecule has 0 saturated heterocycles. The number of hydrogen-bond acceptors (Lipinski definition) is 4. The highest BCUT2D eigenvalue weighted by molar-refractivity contribution is 7.92. The normalized spacial score (nSPS) is 11.3. The van der Waals surface area contributed by atoms with E-state index in [0.717, 1.165) is 12.1 Å². The number of hydrogen-bond donors (Lipinski definition) is 2. The van der Waals surface area contributed by atoms with E-state index in [1.807, 2.05) is 0 Å². The van der Waals surface area contributed by atoms with E-state index in [9.17, 15) is 12.8 Å². The highest BCUT2D eigenvalue weighted by Crippen LogP contribution is 2.20. The van der Waals surface area contributed by atoms with E-state index in [2.05, 4.69) is 9.71 Å². The Labute approximate surface area is 109 Å². The molecule has 0 radical (unpaired) electrons. The quantitative estimate of drug-likeness (QED) is 0.891. The third-order valence-corrected chi connectivity index (χ3v) is 3.83. The topological polar surface area (TPSA) is 79.3 Å². The van der Waals surface area contributed by atoms with Gasteiger partial charge in [-0.3, -0.25) is 4.72 Å². The Bertz CT molecular complexity index is 675. The summed E-state index contributed by atoms with van der Waals surface area (Å²) in [6.07, 6.45) is 1.43. The number of nitrogens with zero attached hydrogens (tertiary/aromatic N) is 1. The molecule has 0 aliphatic rings. The van der Waals surface area contributed by atoms with Crippen molar-refractivity contribution >= 4 is 15.8 Å². The number of rotatable bonds is 4. The van der Waals surface area contributed by atoms with Crippen LogP contribution in [0.3, 0.4) is 0 Å². The maximum absolute atomic E-state index is 13.2. The first-order chi connectivity index (χ1) is 9.03. The van der Waals surface area contributed by atoms with Crippen molar-refractivity contribution in [1.82, 2.24) is 4.98 Å². The lowest BCUT2D eigenvalue weighted by Gasteiger charge is -2.10. The van der Waals surface area contributed by atoms with Gasteiger partial charge in [-0.15, -0.1) is 0 Å². The second-order valence-corrected chi connectivity index (χ2v) is 5.38. The third kappa shape index (κ3) is 3.07. The molecule has 7 heteroatoms. The number of pyridine rings is 1. The highest BCUT2D eigenvalue weighted by Gasteiger charge is 2.19. The van der Waals surface area contributed by atoms with Crippen molar-refractivity contribution in [1.29, 1.82) is 0 Å². The SMILES string of the molecule is O=S(=O)(Nc1ccccn1)c1cc(F)ccc1CO. The van der Waals surface area contributed by atoms with E-state index in [1.54, 1.807) is 12.1 Å². The second-order valence-electron chi connectivity index (χ2n) is 3.73. The fourth-order valence-corrected chi connectivity index (χ4v) is 2.78. The summed E-state index contributed by atoms with van der Waals surface area (Å²) in [6, 6.07) is 7.89. The second kappa shape index (κ2) is 5.33. The molecule has 0 amide bonds. The molecule has 0 aliphatic heterocycles. The fraction of sp³-hybridized carbons (Fsp3) is 0.0833. The van der Waals surface area contributed by atoms with E-state index in [0.29, 0.717) is 0 Å². The van der Waals surface area contributed by atoms with Crippen LogP contribution in [0.5, 0.6) is 0 Å². The molecule has 0 bridgehead atoms. The zero-order valence-electron chi connectivity index (χ0n) is 9.75. The van der Waals surface area contributed by atoms with E-state index >= 15 is 0 Å². The predicted octanol–water partition coefficient (Wildman–Crippen LogP) is 1.51. The van der Waals surface area contributed by atoms with Crippen molar-refractivity contribution in [3.63, 3.8) is 0 Å². The first kappa shape index (κ1) is 13.4. The number of halogens is 1. The molecule has 19 heavy (non-hydrogen) atoms. The van der Waals surface area contributed by atoms with E-state index in [-0.39, 0.29) is 16.3 Å². The van der Waals surface area contributed by atoms with Gasteiger partial charge in [0.15, 0.2) is 0 Å². The summed E-state index contributed by atoms with van der Waals surface area (Å²) in [6.45, 7) is -0.501. The molecule has 100 valence electrons. The lowest BCUT2D eigenvalue weighted by atomic mass is 10.2. The summed E-state index contributed by atoms with van der Waals surface area (Å²) in [4.78, 5) is 3.52. The Balaban J connectivity index is 2.42. The maximum Gasteiger partial charge on any atom is 0.263 e. The lowest BCUT2D eigenvalue weighted by molar-refractivity contribution is 0.278. The first-order valence-electron chi connectivity index (χ1n) is 5.36. The predicted molar refractivity (Wildman–Crippen MR) is 67.4 cm³/mol. The Morgan fingerprint density at radius 2 is 2.05 bits per heavy atom. The number of nitrogens with one attached hydrogen (secondary N) is 1. The van der Waals surface area contributed by atoms with Crippen LogP contribution in [-0.2, 0) is 16.6 Å². The average Bonchev–Trinajstić information content (AvgIpc) is 2.39. The van der Waals surface area contributed by atoms with Gasteiger partial charge in [-0.25, -0.2) is 17.8 Å². The zero-order valence-corrected chi connectivity index (χ0v) is 10.6. The van der Waals surface area contributed by atoms with Crippen molar-refractivity contribution in [3.05, 3.63) is 54.0 Å². The number of aliphatic hydroxyl groups excluding tert-OH is 1. The van der Waals surface area contributed by atoms with Gasteiger partial charge in [-0.2, -0.15) is 0 Å². The van der Waals surface area contributed by atoms with Gasteiger partial charge in [0.25, 0.3) is 10.0 Å². The van der Waals surface area contributed by atoms with Crippen LogP contribution in [0.15, 0.2) is 47.5 Å². The molecule has 2 aromatic rings. The molecule has 5 nitrogen and oxygen atoms in total. The smallest absolute Gasteiger partial charge is 0.263 e. The largest absolute Gasteiger partial charge is 0.392 e. The van der Waals surface area contributed by atoms with Gasteiger partial charge >= 0.3 is 0 Å². The molecule has 1 aromatic carbocycles. The van der Waals surface area contributed by atoms with Gasteiger partial charge in [0.2, 0.25) is 0 Å². The van der Waals surface area contributed by atoms with Crippen molar-refractivity contribution in [2.24, 2.45) is 0 Å². The molecule has 1 aromatic heterocycles. The minimum atomic E-state index is -3.99. The van der Waals surface area contributed by atoms with Gasteiger partial charge in [-0.1, -0.05) is 12.1 Å². The molecule has 0 saturated carbocycles. The Morgan fingerprint density at radius 3 is 2.68 bits per heavy atom. The Hall–Kier alpha value is -1.99. The number of benzene rings is 1. The van der Waals surface area contributed by atoms with Crippen LogP contribution in [-0.4, -0.2) is 18.5 Å². The Morgan fingerprint density at radius 1 is 1.26 bits per heavy atom. The summed E-state index contributed by atoms with van der Waals surface area (Å²) < 4.78 is 39.6. The van der Waals surface area contributed by atoms with Crippen LogP contribution in [0.1, 0.15) is 5.56 Å². The molecule has 0 unspecified atom stereocenters. The fourth-order valence-electron chi connectivity index (χ4n) is 1.52. The summed E-state index contributed by atoms with van der Waals surface area (Å²) in [5.74, 6) is -0.575. The standard InChI is InChI=1S/C12H11FN2O3S/c13-10-5-4-9(8-16)11(7-10)19(17,18)15-12-3-1-2-6-14-12/h1-7,16H,8H2,(H,14,15). The number of anilines is 1.